The number of esters is 2. The molecule has 0 saturated carbocycles. The quantitative estimate of drug-likeness (QED) is 0.442. The second kappa shape index (κ2) is 9.50. The molecule has 1 aromatic rings. The second-order valence-corrected chi connectivity index (χ2v) is 8.26. The van der Waals surface area contributed by atoms with E-state index >= 15 is 0 Å². The van der Waals surface area contributed by atoms with Crippen LogP contribution in [0.15, 0.2) is 30.3 Å². The van der Waals surface area contributed by atoms with E-state index in [1.807, 2.05) is 30.3 Å². The number of nitrogens with one attached hydrogen (secondary N) is 1. The van der Waals surface area contributed by atoms with Gasteiger partial charge in [0.25, 0.3) is 0 Å². The van der Waals surface area contributed by atoms with E-state index in [4.69, 9.17) is 14.3 Å². The molecule has 0 unspecified atom stereocenters. The molecule has 0 bridgehead atoms. The number of hydroxylamine groups is 1. The van der Waals surface area contributed by atoms with Crippen molar-refractivity contribution in [2.45, 2.75) is 54.0 Å². The van der Waals surface area contributed by atoms with Gasteiger partial charge in [-0.3, -0.25) is 9.59 Å². The summed E-state index contributed by atoms with van der Waals surface area (Å²) in [6.07, 6.45) is 0.240. The summed E-state index contributed by atoms with van der Waals surface area (Å²) in [6, 6.07) is 8.27. The van der Waals surface area contributed by atoms with Crippen LogP contribution in [-0.2, 0) is 35.1 Å². The maximum Gasteiger partial charge on any atom is 0.330 e. The number of hydrogen-bond acceptors (Lipinski definition) is 7. The number of carbonyl (C=O) groups excluding carboxylic acids is 3. The molecule has 0 saturated heterocycles. The molecule has 1 N–H and O–H groups in total. The van der Waals surface area contributed by atoms with E-state index in [-0.39, 0.29) is 6.42 Å². The van der Waals surface area contributed by atoms with Crippen molar-refractivity contribution in [3.63, 3.8) is 0 Å². The van der Waals surface area contributed by atoms with Crippen LogP contribution in [0.2, 0.25) is 0 Å². The molecule has 0 radical (unpaired) electrons. The lowest BCUT2D eigenvalue weighted by Crippen LogP contribution is -2.43. The predicted molar refractivity (Wildman–Crippen MR) is 99.1 cm³/mol. The summed E-state index contributed by atoms with van der Waals surface area (Å²) in [5.74, 6) is -1.68. The zero-order valence-electron chi connectivity index (χ0n) is 16.8. The van der Waals surface area contributed by atoms with Crippen LogP contribution >= 0.6 is 0 Å². The monoisotopic (exact) mass is 379 g/mol. The lowest BCUT2D eigenvalue weighted by molar-refractivity contribution is -0.178. The Morgan fingerprint density at radius 1 is 0.889 bits per heavy atom. The maximum absolute atomic E-state index is 12.4. The molecule has 0 fully saturated rings. The van der Waals surface area contributed by atoms with Gasteiger partial charge in [0.1, 0.15) is 6.04 Å². The molecule has 0 aliphatic carbocycles. The number of hydrogen-bond donors (Lipinski definition) is 1. The first-order valence-corrected chi connectivity index (χ1v) is 8.76. The van der Waals surface area contributed by atoms with Gasteiger partial charge in [0.05, 0.1) is 10.8 Å². The van der Waals surface area contributed by atoms with Crippen molar-refractivity contribution in [2.75, 3.05) is 6.79 Å². The number of ether oxygens (including phenoxy) is 2. The standard InChI is InChI=1S/C20H29NO6/c1-19(2,3)17(23)26-13-25-16(22)15(12-14-10-8-7-9-11-14)21-27-18(24)20(4,5)6/h7-11,15,21H,12-13H2,1-6H3/t15-/m0/s1. The highest BCUT2D eigenvalue weighted by molar-refractivity contribution is 5.78. The molecule has 0 aliphatic heterocycles. The zero-order chi connectivity index (χ0) is 20.7. The van der Waals surface area contributed by atoms with E-state index in [9.17, 15) is 14.4 Å². The molecular formula is C20H29NO6. The topological polar surface area (TPSA) is 90.9 Å². The molecule has 0 heterocycles. The average Bonchev–Trinajstić information content (AvgIpc) is 2.57. The fraction of sp³-hybridized carbons (Fsp3) is 0.550. The largest absolute Gasteiger partial charge is 0.427 e. The highest BCUT2D eigenvalue weighted by Gasteiger charge is 2.28. The minimum absolute atomic E-state index is 0.240. The van der Waals surface area contributed by atoms with Crippen LogP contribution in [0.1, 0.15) is 47.1 Å². The average molecular weight is 379 g/mol. The van der Waals surface area contributed by atoms with E-state index in [0.29, 0.717) is 0 Å². The van der Waals surface area contributed by atoms with Crippen LogP contribution in [0.25, 0.3) is 0 Å². The molecular weight excluding hydrogens is 350 g/mol. The Labute approximate surface area is 160 Å². The molecule has 7 heteroatoms. The van der Waals surface area contributed by atoms with Crippen LogP contribution in [0.5, 0.6) is 0 Å². The van der Waals surface area contributed by atoms with Gasteiger partial charge in [0, 0.05) is 6.42 Å². The van der Waals surface area contributed by atoms with Gasteiger partial charge in [-0.1, -0.05) is 30.3 Å². The Balaban J connectivity index is 2.70. The Kier molecular flexibility index (Phi) is 7.97. The SMILES string of the molecule is CC(C)(C)C(=O)OCOC(=O)[C@H](Cc1ccccc1)NOC(=O)C(C)(C)C. The number of carbonyl (C=O) groups is 3. The van der Waals surface area contributed by atoms with E-state index < -0.39 is 41.6 Å². The van der Waals surface area contributed by atoms with Crippen LogP contribution < -0.4 is 5.48 Å². The van der Waals surface area contributed by atoms with Gasteiger partial charge in [-0.15, -0.1) is 5.48 Å². The Hall–Kier alpha value is -2.41. The van der Waals surface area contributed by atoms with Crippen LogP contribution in [0.4, 0.5) is 0 Å². The smallest absolute Gasteiger partial charge is 0.330 e. The molecule has 0 aromatic heterocycles. The lowest BCUT2D eigenvalue weighted by Gasteiger charge is -2.21. The van der Waals surface area contributed by atoms with Crippen molar-refractivity contribution in [1.29, 1.82) is 0 Å². The minimum Gasteiger partial charge on any atom is -0.427 e. The van der Waals surface area contributed by atoms with Gasteiger partial charge in [-0.25, -0.2) is 4.79 Å². The first-order valence-electron chi connectivity index (χ1n) is 8.76. The van der Waals surface area contributed by atoms with E-state index in [1.54, 1.807) is 41.5 Å². The summed E-state index contributed by atoms with van der Waals surface area (Å²) in [6.45, 7) is 9.69. The van der Waals surface area contributed by atoms with Crippen molar-refractivity contribution < 1.29 is 28.7 Å². The summed E-state index contributed by atoms with van der Waals surface area (Å²) < 4.78 is 9.96. The van der Waals surface area contributed by atoms with Gasteiger partial charge >= 0.3 is 17.9 Å². The first-order chi connectivity index (χ1) is 12.4. The molecule has 150 valence electrons. The molecule has 1 atom stereocenters. The van der Waals surface area contributed by atoms with E-state index in [2.05, 4.69) is 5.48 Å². The molecule has 1 rings (SSSR count). The summed E-state index contributed by atoms with van der Waals surface area (Å²) in [7, 11) is 0. The maximum atomic E-state index is 12.4. The van der Waals surface area contributed by atoms with Crippen LogP contribution in [-0.4, -0.2) is 30.7 Å². The molecule has 27 heavy (non-hydrogen) atoms. The van der Waals surface area contributed by atoms with Crippen molar-refractivity contribution in [1.82, 2.24) is 5.48 Å². The molecule has 1 aromatic carbocycles. The van der Waals surface area contributed by atoms with Gasteiger partial charge < -0.3 is 14.3 Å². The fourth-order valence-corrected chi connectivity index (χ4v) is 1.76. The third-order valence-corrected chi connectivity index (χ3v) is 3.48. The van der Waals surface area contributed by atoms with Crippen molar-refractivity contribution in [2.24, 2.45) is 10.8 Å². The zero-order valence-corrected chi connectivity index (χ0v) is 16.8. The van der Waals surface area contributed by atoms with Gasteiger partial charge in [-0.2, -0.15) is 0 Å². The predicted octanol–water partition coefficient (Wildman–Crippen LogP) is 2.78. The molecule has 0 aliphatic rings. The minimum atomic E-state index is -0.938. The van der Waals surface area contributed by atoms with Gasteiger partial charge in [0.2, 0.25) is 6.79 Å². The number of benzene rings is 1. The summed E-state index contributed by atoms with van der Waals surface area (Å²) in [5, 5.41) is 0. The fourth-order valence-electron chi connectivity index (χ4n) is 1.76. The third-order valence-electron chi connectivity index (χ3n) is 3.48. The number of rotatable bonds is 7. The summed E-state index contributed by atoms with van der Waals surface area (Å²) in [4.78, 5) is 41.1. The third kappa shape index (κ3) is 8.21. The highest BCUT2D eigenvalue weighted by Crippen LogP contribution is 2.16. The molecule has 0 amide bonds. The van der Waals surface area contributed by atoms with Gasteiger partial charge in [0.15, 0.2) is 0 Å². The van der Waals surface area contributed by atoms with Crippen LogP contribution in [0, 0.1) is 10.8 Å². The Morgan fingerprint density at radius 3 is 1.96 bits per heavy atom. The highest BCUT2D eigenvalue weighted by atomic mass is 16.7. The normalized spacial score (nSPS) is 12.8. The van der Waals surface area contributed by atoms with Gasteiger partial charge in [-0.05, 0) is 47.1 Å². The van der Waals surface area contributed by atoms with Crippen molar-refractivity contribution in [3.05, 3.63) is 35.9 Å². The van der Waals surface area contributed by atoms with E-state index in [1.165, 1.54) is 0 Å². The summed E-state index contributed by atoms with van der Waals surface area (Å²) >= 11 is 0. The Morgan fingerprint density at radius 2 is 1.44 bits per heavy atom. The lowest BCUT2D eigenvalue weighted by atomic mass is 9.98. The summed E-state index contributed by atoms with van der Waals surface area (Å²) in [5.41, 5.74) is 1.91. The Bertz CT molecular complexity index is 643. The second-order valence-electron chi connectivity index (χ2n) is 8.26. The first kappa shape index (κ1) is 22.6. The van der Waals surface area contributed by atoms with Crippen molar-refractivity contribution >= 4 is 17.9 Å². The van der Waals surface area contributed by atoms with Crippen molar-refractivity contribution in [3.8, 4) is 0 Å². The van der Waals surface area contributed by atoms with Crippen LogP contribution in [0.3, 0.4) is 0 Å². The molecule has 0 spiro atoms. The van der Waals surface area contributed by atoms with E-state index in [0.717, 1.165) is 5.56 Å². The molecule has 7 nitrogen and oxygen atoms in total.